The molecule has 3 rings (SSSR count). The minimum atomic E-state index is -0.570. The molecule has 1 unspecified atom stereocenters. The number of nitro groups is 1. The fourth-order valence-corrected chi connectivity index (χ4v) is 2.88. The summed E-state index contributed by atoms with van der Waals surface area (Å²) in [6, 6.07) is 9.51. The molecule has 1 N–H and O–H groups in total. The molecule has 0 spiro atoms. The first-order valence-corrected chi connectivity index (χ1v) is 9.02. The molecule has 3 aromatic rings. The highest BCUT2D eigenvalue weighted by Crippen LogP contribution is 2.16. The van der Waals surface area contributed by atoms with Crippen LogP contribution < -0.4 is 5.32 Å². The largest absolute Gasteiger partial charge is 0.390 e. The highest BCUT2D eigenvalue weighted by atomic mass is 19.1. The van der Waals surface area contributed by atoms with Crippen LogP contribution in [0.1, 0.15) is 23.9 Å². The summed E-state index contributed by atoms with van der Waals surface area (Å²) < 4.78 is 16.9. The SMILES string of the molecule is Cc1cc(NC(=O)C(C)Cn2nc([N+](=O)[O-])cc2C)nn1Cc1ccccc1F. The van der Waals surface area contributed by atoms with Crippen molar-refractivity contribution >= 4 is 17.5 Å². The van der Waals surface area contributed by atoms with Crippen LogP contribution in [0.4, 0.5) is 16.0 Å². The van der Waals surface area contributed by atoms with Gasteiger partial charge in [-0.25, -0.2) is 4.39 Å². The zero-order valence-corrected chi connectivity index (χ0v) is 16.3. The van der Waals surface area contributed by atoms with Gasteiger partial charge in [0.1, 0.15) is 5.82 Å². The predicted molar refractivity (Wildman–Crippen MR) is 104 cm³/mol. The molecule has 2 aromatic heterocycles. The van der Waals surface area contributed by atoms with E-state index in [2.05, 4.69) is 15.5 Å². The number of benzene rings is 1. The summed E-state index contributed by atoms with van der Waals surface area (Å²) >= 11 is 0. The van der Waals surface area contributed by atoms with Crippen LogP contribution in [0.15, 0.2) is 36.4 Å². The highest BCUT2D eigenvalue weighted by Gasteiger charge is 2.21. The normalized spacial score (nSPS) is 12.0. The number of hydrogen-bond acceptors (Lipinski definition) is 5. The number of aromatic nitrogens is 4. The number of carbonyl (C=O) groups excluding carboxylic acids is 1. The third-order valence-corrected chi connectivity index (χ3v) is 4.56. The molecule has 0 aliphatic carbocycles. The summed E-state index contributed by atoms with van der Waals surface area (Å²) in [5.74, 6) is -0.995. The summed E-state index contributed by atoms with van der Waals surface area (Å²) in [5.41, 5.74) is 1.87. The standard InChI is InChI=1S/C19H21FN6O3/c1-12(10-24-14(3)9-18(23-24)26(28)29)19(27)21-17-8-13(2)25(22-17)11-15-6-4-5-7-16(15)20/h4-9,12H,10-11H2,1-3H3,(H,21,22,27). The van der Waals surface area contributed by atoms with Crippen LogP contribution in [-0.2, 0) is 17.9 Å². The lowest BCUT2D eigenvalue weighted by molar-refractivity contribution is -0.389. The smallest absolute Gasteiger partial charge is 0.358 e. The third-order valence-electron chi connectivity index (χ3n) is 4.56. The summed E-state index contributed by atoms with van der Waals surface area (Å²) in [7, 11) is 0. The van der Waals surface area contributed by atoms with Crippen LogP contribution in [0.2, 0.25) is 0 Å². The van der Waals surface area contributed by atoms with Gasteiger partial charge in [-0.05, 0) is 24.8 Å². The zero-order valence-electron chi connectivity index (χ0n) is 16.3. The van der Waals surface area contributed by atoms with Gasteiger partial charge in [-0.3, -0.25) is 9.48 Å². The number of hydrogen-bond donors (Lipinski definition) is 1. The maximum Gasteiger partial charge on any atom is 0.390 e. The first kappa shape index (κ1) is 20.2. The van der Waals surface area contributed by atoms with Crippen molar-refractivity contribution in [3.63, 3.8) is 0 Å². The van der Waals surface area contributed by atoms with Gasteiger partial charge in [0.05, 0.1) is 35.9 Å². The molecule has 152 valence electrons. The van der Waals surface area contributed by atoms with Crippen molar-refractivity contribution in [3.05, 3.63) is 69.3 Å². The van der Waals surface area contributed by atoms with Crippen molar-refractivity contribution in [3.8, 4) is 0 Å². The van der Waals surface area contributed by atoms with Gasteiger partial charge in [0.2, 0.25) is 5.91 Å². The van der Waals surface area contributed by atoms with E-state index in [-0.39, 0.29) is 30.6 Å². The second-order valence-corrected chi connectivity index (χ2v) is 6.89. The van der Waals surface area contributed by atoms with E-state index in [1.807, 2.05) is 6.92 Å². The number of nitrogens with one attached hydrogen (secondary N) is 1. The molecule has 0 bridgehead atoms. The van der Waals surface area contributed by atoms with E-state index in [4.69, 9.17) is 0 Å². The van der Waals surface area contributed by atoms with Crippen molar-refractivity contribution in [2.24, 2.45) is 5.92 Å². The Morgan fingerprint density at radius 3 is 2.55 bits per heavy atom. The molecule has 29 heavy (non-hydrogen) atoms. The van der Waals surface area contributed by atoms with Crippen molar-refractivity contribution in [1.29, 1.82) is 0 Å². The Morgan fingerprint density at radius 1 is 1.21 bits per heavy atom. The van der Waals surface area contributed by atoms with Crippen LogP contribution in [-0.4, -0.2) is 30.4 Å². The molecule has 1 aromatic carbocycles. The Hall–Kier alpha value is -3.56. The maximum atomic E-state index is 13.9. The lowest BCUT2D eigenvalue weighted by Crippen LogP contribution is -2.25. The van der Waals surface area contributed by atoms with Crippen LogP contribution >= 0.6 is 0 Å². The van der Waals surface area contributed by atoms with Crippen LogP contribution in [0, 0.1) is 35.7 Å². The monoisotopic (exact) mass is 400 g/mol. The van der Waals surface area contributed by atoms with Gasteiger partial charge >= 0.3 is 5.82 Å². The molecule has 0 fully saturated rings. The molecule has 0 aliphatic heterocycles. The van der Waals surface area contributed by atoms with Gasteiger partial charge in [-0.2, -0.15) is 9.78 Å². The second-order valence-electron chi connectivity index (χ2n) is 6.89. The Balaban J connectivity index is 1.66. The van der Waals surface area contributed by atoms with E-state index in [1.54, 1.807) is 42.8 Å². The molecule has 1 amide bonds. The zero-order chi connectivity index (χ0) is 21.1. The number of nitrogens with zero attached hydrogens (tertiary/aromatic N) is 5. The summed E-state index contributed by atoms with van der Waals surface area (Å²) in [6.07, 6.45) is 0. The summed E-state index contributed by atoms with van der Waals surface area (Å²) in [4.78, 5) is 22.8. The molecule has 10 heteroatoms. The van der Waals surface area contributed by atoms with Crippen molar-refractivity contribution in [1.82, 2.24) is 19.6 Å². The van der Waals surface area contributed by atoms with Crippen molar-refractivity contribution in [2.45, 2.75) is 33.9 Å². The molecule has 0 saturated carbocycles. The average molecular weight is 400 g/mol. The summed E-state index contributed by atoms with van der Waals surface area (Å²) in [6.45, 7) is 5.66. The number of aryl methyl sites for hydroxylation is 2. The predicted octanol–water partition coefficient (Wildman–Crippen LogP) is 3.07. The van der Waals surface area contributed by atoms with E-state index in [0.717, 1.165) is 5.69 Å². The molecule has 0 aliphatic rings. The Labute approximate surface area is 166 Å². The van der Waals surface area contributed by atoms with Crippen LogP contribution in [0.25, 0.3) is 0 Å². The Bertz CT molecular complexity index is 1060. The molecule has 0 saturated heterocycles. The van der Waals surface area contributed by atoms with Gasteiger partial charge in [0.15, 0.2) is 5.82 Å². The van der Waals surface area contributed by atoms with E-state index in [1.165, 1.54) is 16.8 Å². The first-order chi connectivity index (χ1) is 13.7. The lowest BCUT2D eigenvalue weighted by atomic mass is 10.1. The number of halogens is 1. The lowest BCUT2D eigenvalue weighted by Gasteiger charge is -2.10. The summed E-state index contributed by atoms with van der Waals surface area (Å²) in [5, 5.41) is 21.8. The quantitative estimate of drug-likeness (QED) is 0.484. The third kappa shape index (κ3) is 4.65. The molecule has 9 nitrogen and oxygen atoms in total. The molecule has 1 atom stereocenters. The van der Waals surface area contributed by atoms with Crippen LogP contribution in [0.3, 0.4) is 0 Å². The maximum absolute atomic E-state index is 13.9. The molecular weight excluding hydrogens is 379 g/mol. The minimum absolute atomic E-state index is 0.195. The van der Waals surface area contributed by atoms with Gasteiger partial charge in [0, 0.05) is 17.3 Å². The van der Waals surface area contributed by atoms with E-state index < -0.39 is 10.8 Å². The van der Waals surface area contributed by atoms with Gasteiger partial charge in [-0.1, -0.05) is 25.1 Å². The van der Waals surface area contributed by atoms with Crippen molar-refractivity contribution < 1.29 is 14.1 Å². The van der Waals surface area contributed by atoms with E-state index in [0.29, 0.717) is 17.1 Å². The Kier molecular flexibility index (Phi) is 5.71. The van der Waals surface area contributed by atoms with Crippen molar-refractivity contribution in [2.75, 3.05) is 5.32 Å². The first-order valence-electron chi connectivity index (χ1n) is 9.02. The number of rotatable bonds is 7. The van der Waals surface area contributed by atoms with E-state index >= 15 is 0 Å². The average Bonchev–Trinajstić information content (AvgIpc) is 3.19. The minimum Gasteiger partial charge on any atom is -0.358 e. The van der Waals surface area contributed by atoms with Gasteiger partial charge < -0.3 is 15.4 Å². The number of anilines is 1. The fourth-order valence-electron chi connectivity index (χ4n) is 2.88. The van der Waals surface area contributed by atoms with Crippen LogP contribution in [0.5, 0.6) is 0 Å². The molecule has 2 heterocycles. The molecular formula is C19H21FN6O3. The van der Waals surface area contributed by atoms with Gasteiger partial charge in [-0.15, -0.1) is 0 Å². The second kappa shape index (κ2) is 8.21. The Morgan fingerprint density at radius 2 is 1.90 bits per heavy atom. The van der Waals surface area contributed by atoms with Gasteiger partial charge in [0.25, 0.3) is 0 Å². The fraction of sp³-hybridized carbons (Fsp3) is 0.316. The topological polar surface area (TPSA) is 108 Å². The molecule has 0 radical (unpaired) electrons. The van der Waals surface area contributed by atoms with E-state index in [9.17, 15) is 19.3 Å². The number of amides is 1. The number of carbonyl (C=O) groups is 1. The highest BCUT2D eigenvalue weighted by molar-refractivity contribution is 5.91.